The SMILES string of the molecule is COc1ccc(S(=O)(=O)N2CCC(C(=O)N(C)CC3CCCO3)CC2)cc1OC. The Balaban J connectivity index is 1.61. The number of methoxy groups -OCH3 is 2. The van der Waals surface area contributed by atoms with Crippen LogP contribution in [-0.2, 0) is 19.6 Å². The van der Waals surface area contributed by atoms with Gasteiger partial charge in [-0.15, -0.1) is 0 Å². The molecule has 1 aromatic rings. The number of hydrogen-bond acceptors (Lipinski definition) is 6. The Morgan fingerprint density at radius 2 is 1.86 bits per heavy atom. The van der Waals surface area contributed by atoms with E-state index in [0.29, 0.717) is 44.0 Å². The Morgan fingerprint density at radius 1 is 1.17 bits per heavy atom. The topological polar surface area (TPSA) is 85.4 Å². The molecule has 0 bridgehead atoms. The number of benzene rings is 1. The molecule has 3 rings (SSSR count). The van der Waals surface area contributed by atoms with Gasteiger partial charge in [-0.2, -0.15) is 4.31 Å². The lowest BCUT2D eigenvalue weighted by atomic mass is 9.96. The molecule has 2 saturated heterocycles. The van der Waals surface area contributed by atoms with Crippen LogP contribution in [-0.4, -0.2) is 77.1 Å². The highest BCUT2D eigenvalue weighted by atomic mass is 32.2. The monoisotopic (exact) mass is 426 g/mol. The second-order valence-electron chi connectivity index (χ2n) is 7.55. The molecular formula is C20H30N2O6S. The van der Waals surface area contributed by atoms with Gasteiger partial charge in [-0.3, -0.25) is 4.79 Å². The van der Waals surface area contributed by atoms with Crippen LogP contribution in [0.25, 0.3) is 0 Å². The van der Waals surface area contributed by atoms with Crippen molar-refractivity contribution in [3.63, 3.8) is 0 Å². The minimum Gasteiger partial charge on any atom is -0.493 e. The molecule has 0 radical (unpaired) electrons. The van der Waals surface area contributed by atoms with Crippen molar-refractivity contribution in [3.05, 3.63) is 18.2 Å². The Morgan fingerprint density at radius 3 is 2.45 bits per heavy atom. The Bertz CT molecular complexity index is 814. The molecule has 2 aliphatic heterocycles. The molecule has 1 atom stereocenters. The van der Waals surface area contributed by atoms with Gasteiger partial charge in [0.05, 0.1) is 25.2 Å². The summed E-state index contributed by atoms with van der Waals surface area (Å²) in [5.74, 6) is 0.765. The summed E-state index contributed by atoms with van der Waals surface area (Å²) in [4.78, 5) is 14.6. The van der Waals surface area contributed by atoms with Crippen molar-refractivity contribution in [2.75, 3.05) is 47.5 Å². The van der Waals surface area contributed by atoms with Crippen LogP contribution in [0.1, 0.15) is 25.7 Å². The smallest absolute Gasteiger partial charge is 0.243 e. The number of hydrogen-bond donors (Lipinski definition) is 0. The van der Waals surface area contributed by atoms with Crippen molar-refractivity contribution in [2.24, 2.45) is 5.92 Å². The normalized spacial score (nSPS) is 21.1. The van der Waals surface area contributed by atoms with Crippen LogP contribution in [0.15, 0.2) is 23.1 Å². The molecule has 0 saturated carbocycles. The number of ether oxygens (including phenoxy) is 3. The predicted octanol–water partition coefficient (Wildman–Crippen LogP) is 1.74. The van der Waals surface area contributed by atoms with E-state index >= 15 is 0 Å². The van der Waals surface area contributed by atoms with E-state index in [-0.39, 0.29) is 22.8 Å². The largest absolute Gasteiger partial charge is 0.493 e. The van der Waals surface area contributed by atoms with Gasteiger partial charge in [-0.1, -0.05) is 0 Å². The van der Waals surface area contributed by atoms with E-state index in [1.165, 1.54) is 30.7 Å². The summed E-state index contributed by atoms with van der Waals surface area (Å²) >= 11 is 0. The first-order valence-electron chi connectivity index (χ1n) is 9.95. The van der Waals surface area contributed by atoms with E-state index in [9.17, 15) is 13.2 Å². The molecule has 0 aliphatic carbocycles. The number of piperidine rings is 1. The summed E-state index contributed by atoms with van der Waals surface area (Å²) in [5.41, 5.74) is 0. The van der Waals surface area contributed by atoms with Crippen molar-refractivity contribution in [1.29, 1.82) is 0 Å². The van der Waals surface area contributed by atoms with E-state index in [2.05, 4.69) is 0 Å². The maximum absolute atomic E-state index is 13.0. The van der Waals surface area contributed by atoms with E-state index in [0.717, 1.165) is 19.4 Å². The van der Waals surface area contributed by atoms with Gasteiger partial charge in [0.1, 0.15) is 0 Å². The molecular weight excluding hydrogens is 396 g/mol. The Kier molecular flexibility index (Phi) is 7.02. The van der Waals surface area contributed by atoms with Gasteiger partial charge >= 0.3 is 0 Å². The van der Waals surface area contributed by atoms with E-state index in [1.807, 2.05) is 0 Å². The van der Waals surface area contributed by atoms with Crippen molar-refractivity contribution in [2.45, 2.75) is 36.7 Å². The van der Waals surface area contributed by atoms with Gasteiger partial charge in [-0.05, 0) is 37.8 Å². The van der Waals surface area contributed by atoms with Gasteiger partial charge in [-0.25, -0.2) is 8.42 Å². The maximum atomic E-state index is 13.0. The fourth-order valence-corrected chi connectivity index (χ4v) is 5.45. The summed E-state index contributed by atoms with van der Waals surface area (Å²) in [6.45, 7) is 2.00. The fourth-order valence-electron chi connectivity index (χ4n) is 3.96. The second kappa shape index (κ2) is 9.32. The lowest BCUT2D eigenvalue weighted by Crippen LogP contribution is -2.44. The van der Waals surface area contributed by atoms with Crippen LogP contribution in [0.5, 0.6) is 11.5 Å². The van der Waals surface area contributed by atoms with Crippen molar-refractivity contribution in [3.8, 4) is 11.5 Å². The summed E-state index contributed by atoms with van der Waals surface area (Å²) in [6.07, 6.45) is 3.18. The van der Waals surface area contributed by atoms with Crippen molar-refractivity contribution in [1.82, 2.24) is 9.21 Å². The lowest BCUT2D eigenvalue weighted by Gasteiger charge is -2.33. The highest BCUT2D eigenvalue weighted by Gasteiger charge is 2.34. The van der Waals surface area contributed by atoms with Gasteiger partial charge in [0, 0.05) is 45.3 Å². The zero-order valence-corrected chi connectivity index (χ0v) is 18.1. The number of sulfonamides is 1. The molecule has 2 aliphatic rings. The highest BCUT2D eigenvalue weighted by molar-refractivity contribution is 7.89. The fraction of sp³-hybridized carbons (Fsp3) is 0.650. The van der Waals surface area contributed by atoms with Crippen LogP contribution in [0.2, 0.25) is 0 Å². The molecule has 0 spiro atoms. The first-order valence-corrected chi connectivity index (χ1v) is 11.4. The second-order valence-corrected chi connectivity index (χ2v) is 9.49. The number of rotatable bonds is 7. The van der Waals surface area contributed by atoms with E-state index in [1.54, 1.807) is 18.0 Å². The maximum Gasteiger partial charge on any atom is 0.243 e. The van der Waals surface area contributed by atoms with E-state index < -0.39 is 10.0 Å². The van der Waals surface area contributed by atoms with Crippen LogP contribution >= 0.6 is 0 Å². The summed E-state index contributed by atoms with van der Waals surface area (Å²) < 4.78 is 43.5. The minimum atomic E-state index is -3.65. The third kappa shape index (κ3) is 4.84. The van der Waals surface area contributed by atoms with Gasteiger partial charge in [0.15, 0.2) is 11.5 Å². The van der Waals surface area contributed by atoms with Crippen LogP contribution < -0.4 is 9.47 Å². The zero-order chi connectivity index (χ0) is 21.0. The number of amides is 1. The Hall–Kier alpha value is -1.84. The average Bonchev–Trinajstić information content (AvgIpc) is 3.25. The molecule has 2 fully saturated rings. The van der Waals surface area contributed by atoms with Gasteiger partial charge in [0.25, 0.3) is 0 Å². The van der Waals surface area contributed by atoms with Crippen LogP contribution in [0.4, 0.5) is 0 Å². The minimum absolute atomic E-state index is 0.0728. The average molecular weight is 427 g/mol. The molecule has 1 aromatic carbocycles. The number of carbonyl (C=O) groups excluding carboxylic acids is 1. The standard InChI is InChI=1S/C20H30N2O6S/c1-21(14-16-5-4-12-28-16)20(23)15-8-10-22(11-9-15)29(24,25)17-6-7-18(26-2)19(13-17)27-3/h6-7,13,15-16H,4-5,8-12,14H2,1-3H3. The third-order valence-corrected chi connectivity index (χ3v) is 7.57. The molecule has 0 N–H and O–H groups in total. The molecule has 162 valence electrons. The first kappa shape index (κ1) is 21.9. The number of carbonyl (C=O) groups is 1. The molecule has 0 aromatic heterocycles. The first-order chi connectivity index (χ1) is 13.9. The van der Waals surface area contributed by atoms with Gasteiger partial charge < -0.3 is 19.1 Å². The van der Waals surface area contributed by atoms with Crippen LogP contribution in [0.3, 0.4) is 0 Å². The molecule has 1 amide bonds. The number of likely N-dealkylation sites (N-methyl/N-ethyl adjacent to an activating group) is 1. The molecule has 8 nitrogen and oxygen atoms in total. The number of nitrogens with zero attached hydrogens (tertiary/aromatic N) is 2. The predicted molar refractivity (Wildman–Crippen MR) is 108 cm³/mol. The van der Waals surface area contributed by atoms with Crippen LogP contribution in [0, 0.1) is 5.92 Å². The van der Waals surface area contributed by atoms with E-state index in [4.69, 9.17) is 14.2 Å². The highest BCUT2D eigenvalue weighted by Crippen LogP contribution is 2.32. The molecule has 2 heterocycles. The zero-order valence-electron chi connectivity index (χ0n) is 17.3. The summed E-state index contributed by atoms with van der Waals surface area (Å²) in [6, 6.07) is 4.58. The third-order valence-electron chi connectivity index (χ3n) is 5.67. The van der Waals surface area contributed by atoms with Crippen molar-refractivity contribution >= 4 is 15.9 Å². The summed E-state index contributed by atoms with van der Waals surface area (Å²) in [7, 11) is 1.12. The quantitative estimate of drug-likeness (QED) is 0.660. The molecule has 1 unspecified atom stereocenters. The lowest BCUT2D eigenvalue weighted by molar-refractivity contribution is -0.136. The van der Waals surface area contributed by atoms with Gasteiger partial charge in [0.2, 0.25) is 15.9 Å². The summed E-state index contributed by atoms with van der Waals surface area (Å²) in [5, 5.41) is 0. The molecule has 29 heavy (non-hydrogen) atoms. The Labute approximate surface area is 172 Å². The van der Waals surface area contributed by atoms with Crippen molar-refractivity contribution < 1.29 is 27.4 Å². The molecule has 9 heteroatoms.